The maximum atomic E-state index is 10.2. The summed E-state index contributed by atoms with van der Waals surface area (Å²) in [6.45, 7) is 4.03. The third-order valence-corrected chi connectivity index (χ3v) is 5.42. The molecule has 1 unspecified atom stereocenters. The van der Waals surface area contributed by atoms with E-state index < -0.39 is 6.10 Å². The largest absolute Gasteiger partial charge is 0.387 e. The topological polar surface area (TPSA) is 20.2 Å². The number of hydrogen-bond acceptors (Lipinski definition) is 2. The summed E-state index contributed by atoms with van der Waals surface area (Å²) in [6, 6.07) is 7.95. The molecule has 0 saturated carbocycles. The van der Waals surface area contributed by atoms with Crippen LogP contribution in [0.4, 0.5) is 0 Å². The number of thiophene rings is 1. The number of aliphatic hydroxyl groups excluding tert-OH is 1. The number of aryl methyl sites for hydroxylation is 2. The molecule has 0 bridgehead atoms. The zero-order valence-corrected chi connectivity index (χ0v) is 13.4. The van der Waals surface area contributed by atoms with E-state index in [2.05, 4.69) is 15.9 Å². The lowest BCUT2D eigenvalue weighted by Crippen LogP contribution is -2.00. The van der Waals surface area contributed by atoms with Crippen LogP contribution in [-0.4, -0.2) is 5.11 Å². The van der Waals surface area contributed by atoms with E-state index in [1.54, 1.807) is 11.3 Å². The van der Waals surface area contributed by atoms with Crippen LogP contribution in [-0.2, 0) is 6.42 Å². The molecule has 0 spiro atoms. The van der Waals surface area contributed by atoms with Crippen LogP contribution in [0.1, 0.15) is 27.7 Å². The highest BCUT2D eigenvalue weighted by Crippen LogP contribution is 2.33. The van der Waals surface area contributed by atoms with Gasteiger partial charge in [-0.2, -0.15) is 0 Å². The normalized spacial score (nSPS) is 12.7. The molecule has 4 heteroatoms. The molecule has 0 aliphatic heterocycles. The minimum Gasteiger partial charge on any atom is -0.387 e. The summed E-state index contributed by atoms with van der Waals surface area (Å²) in [5.74, 6) is 0. The number of benzene rings is 1. The predicted octanol–water partition coefficient (Wildman–Crippen LogP) is 5.06. The maximum Gasteiger partial charge on any atom is 0.0923 e. The molecule has 0 amide bonds. The third kappa shape index (κ3) is 3.15. The van der Waals surface area contributed by atoms with Gasteiger partial charge in [-0.1, -0.05) is 23.7 Å². The van der Waals surface area contributed by atoms with Crippen LogP contribution in [0.15, 0.2) is 28.1 Å². The summed E-state index contributed by atoms with van der Waals surface area (Å²) >= 11 is 11.2. The first kappa shape index (κ1) is 14.1. The number of halogens is 2. The van der Waals surface area contributed by atoms with Crippen LogP contribution in [0, 0.1) is 13.8 Å². The summed E-state index contributed by atoms with van der Waals surface area (Å²) in [5.41, 5.74) is 3.27. The van der Waals surface area contributed by atoms with E-state index in [-0.39, 0.29) is 0 Å². The van der Waals surface area contributed by atoms with E-state index >= 15 is 0 Å². The average Bonchev–Trinajstić information content (AvgIpc) is 2.63. The lowest BCUT2D eigenvalue weighted by Gasteiger charge is -2.10. The third-order valence-electron chi connectivity index (χ3n) is 2.83. The van der Waals surface area contributed by atoms with E-state index in [0.29, 0.717) is 6.42 Å². The van der Waals surface area contributed by atoms with Crippen LogP contribution < -0.4 is 0 Å². The number of aliphatic hydroxyl groups is 1. The van der Waals surface area contributed by atoms with Crippen molar-refractivity contribution < 1.29 is 5.11 Å². The molecule has 2 rings (SSSR count). The van der Waals surface area contributed by atoms with Crippen LogP contribution in [0.25, 0.3) is 0 Å². The second kappa shape index (κ2) is 5.74. The maximum absolute atomic E-state index is 10.2. The van der Waals surface area contributed by atoms with Gasteiger partial charge in [0.1, 0.15) is 0 Å². The van der Waals surface area contributed by atoms with Gasteiger partial charge in [-0.05, 0) is 58.6 Å². The minimum atomic E-state index is -0.500. The van der Waals surface area contributed by atoms with E-state index in [1.165, 1.54) is 0 Å². The summed E-state index contributed by atoms with van der Waals surface area (Å²) in [7, 11) is 0. The lowest BCUT2D eigenvalue weighted by atomic mass is 10.0. The Bertz CT molecular complexity index is 545. The Labute approximate surface area is 125 Å². The van der Waals surface area contributed by atoms with Crippen molar-refractivity contribution in [2.24, 2.45) is 0 Å². The van der Waals surface area contributed by atoms with Crippen LogP contribution in [0.2, 0.25) is 5.02 Å². The first-order valence-corrected chi connectivity index (χ1v) is 7.65. The second-order valence-electron chi connectivity index (χ2n) is 4.42. The highest BCUT2D eigenvalue weighted by atomic mass is 79.9. The van der Waals surface area contributed by atoms with Gasteiger partial charge in [-0.15, -0.1) is 11.3 Å². The molecule has 1 atom stereocenters. The molecule has 1 aromatic carbocycles. The SMILES string of the molecule is Cc1ccc(CC(O)c2cc(C)c(Br)s2)c(Cl)c1. The molecule has 1 nitrogen and oxygen atoms in total. The standard InChI is InChI=1S/C14H14BrClOS/c1-8-3-4-10(11(16)5-8)7-12(17)13-6-9(2)14(15)18-13/h3-6,12,17H,7H2,1-2H3. The van der Waals surface area contributed by atoms with E-state index in [9.17, 15) is 5.11 Å². The smallest absolute Gasteiger partial charge is 0.0923 e. The van der Waals surface area contributed by atoms with E-state index in [4.69, 9.17) is 11.6 Å². The van der Waals surface area contributed by atoms with Gasteiger partial charge >= 0.3 is 0 Å². The first-order valence-electron chi connectivity index (χ1n) is 5.66. The van der Waals surface area contributed by atoms with Crippen LogP contribution in [0.3, 0.4) is 0 Å². The summed E-state index contributed by atoms with van der Waals surface area (Å²) in [5, 5.41) is 11.0. The molecule has 0 fully saturated rings. The van der Waals surface area contributed by atoms with Crippen molar-refractivity contribution in [3.63, 3.8) is 0 Å². The Balaban J connectivity index is 2.18. The lowest BCUT2D eigenvalue weighted by molar-refractivity contribution is 0.182. The van der Waals surface area contributed by atoms with Gasteiger partial charge in [0.2, 0.25) is 0 Å². The Hall–Kier alpha value is -0.350. The zero-order valence-electron chi connectivity index (χ0n) is 10.2. The van der Waals surface area contributed by atoms with Gasteiger partial charge < -0.3 is 5.11 Å². The monoisotopic (exact) mass is 344 g/mol. The van der Waals surface area contributed by atoms with Crippen molar-refractivity contribution in [2.75, 3.05) is 0 Å². The second-order valence-corrected chi connectivity index (χ2v) is 7.23. The Morgan fingerprint density at radius 3 is 2.61 bits per heavy atom. The average molecular weight is 346 g/mol. The van der Waals surface area contributed by atoms with E-state index in [1.807, 2.05) is 38.1 Å². The van der Waals surface area contributed by atoms with Gasteiger partial charge in [0, 0.05) is 16.3 Å². The number of rotatable bonds is 3. The zero-order chi connectivity index (χ0) is 13.3. The molecule has 1 N–H and O–H groups in total. The van der Waals surface area contributed by atoms with Crippen molar-refractivity contribution in [1.29, 1.82) is 0 Å². The highest BCUT2D eigenvalue weighted by molar-refractivity contribution is 9.11. The van der Waals surface area contributed by atoms with Crippen LogP contribution >= 0.6 is 38.9 Å². The van der Waals surface area contributed by atoms with Crippen molar-refractivity contribution >= 4 is 38.9 Å². The summed E-state index contributed by atoms with van der Waals surface area (Å²) < 4.78 is 1.08. The fraction of sp³-hybridized carbons (Fsp3) is 0.286. The fourth-order valence-electron chi connectivity index (χ4n) is 1.77. The van der Waals surface area contributed by atoms with Crippen molar-refractivity contribution in [2.45, 2.75) is 26.4 Å². The molecule has 1 heterocycles. The molecule has 2 aromatic rings. The van der Waals surface area contributed by atoms with Crippen molar-refractivity contribution in [3.05, 3.63) is 54.6 Å². The van der Waals surface area contributed by atoms with Gasteiger partial charge in [0.15, 0.2) is 0 Å². The predicted molar refractivity (Wildman–Crippen MR) is 81.6 cm³/mol. The molecule has 96 valence electrons. The fourth-order valence-corrected chi connectivity index (χ4v) is 3.64. The van der Waals surface area contributed by atoms with Gasteiger partial charge in [0.05, 0.1) is 9.89 Å². The molecule has 0 aliphatic rings. The highest BCUT2D eigenvalue weighted by Gasteiger charge is 2.14. The van der Waals surface area contributed by atoms with Crippen molar-refractivity contribution in [1.82, 2.24) is 0 Å². The Kier molecular flexibility index (Phi) is 4.49. The summed E-state index contributed by atoms with van der Waals surface area (Å²) in [4.78, 5) is 0.969. The van der Waals surface area contributed by atoms with Gasteiger partial charge in [-0.3, -0.25) is 0 Å². The Morgan fingerprint density at radius 2 is 2.06 bits per heavy atom. The molecular formula is C14H14BrClOS. The molecular weight excluding hydrogens is 332 g/mol. The molecule has 18 heavy (non-hydrogen) atoms. The van der Waals surface area contributed by atoms with Gasteiger partial charge in [-0.25, -0.2) is 0 Å². The molecule has 1 aromatic heterocycles. The van der Waals surface area contributed by atoms with Crippen molar-refractivity contribution in [3.8, 4) is 0 Å². The van der Waals surface area contributed by atoms with Gasteiger partial charge in [0.25, 0.3) is 0 Å². The minimum absolute atomic E-state index is 0.500. The van der Waals surface area contributed by atoms with E-state index in [0.717, 1.165) is 30.4 Å². The molecule has 0 saturated heterocycles. The first-order chi connectivity index (χ1) is 8.47. The number of hydrogen-bond donors (Lipinski definition) is 1. The molecule has 0 aliphatic carbocycles. The molecule has 0 radical (unpaired) electrons. The summed E-state index contributed by atoms with van der Waals surface area (Å²) in [6.07, 6.45) is 0.0473. The Morgan fingerprint density at radius 1 is 1.33 bits per heavy atom. The van der Waals surface area contributed by atoms with Crippen LogP contribution in [0.5, 0.6) is 0 Å². The quantitative estimate of drug-likeness (QED) is 0.824.